The molecule has 2 unspecified atom stereocenters. The van der Waals surface area contributed by atoms with E-state index in [9.17, 15) is 0 Å². The quantitative estimate of drug-likeness (QED) is 0.770. The van der Waals surface area contributed by atoms with Crippen LogP contribution in [0.25, 0.3) is 0 Å². The molecule has 0 radical (unpaired) electrons. The van der Waals surface area contributed by atoms with Crippen LogP contribution in [0.1, 0.15) is 73.6 Å². The lowest BCUT2D eigenvalue weighted by Crippen LogP contribution is -2.39. The van der Waals surface area contributed by atoms with E-state index in [0.29, 0.717) is 6.10 Å². The van der Waals surface area contributed by atoms with Crippen molar-refractivity contribution in [2.45, 2.75) is 90.9 Å². The molecule has 0 saturated carbocycles. The van der Waals surface area contributed by atoms with Gasteiger partial charge in [-0.25, -0.2) is 0 Å². The van der Waals surface area contributed by atoms with Crippen molar-refractivity contribution >= 4 is 0 Å². The van der Waals surface area contributed by atoms with Crippen molar-refractivity contribution in [1.82, 2.24) is 5.32 Å². The van der Waals surface area contributed by atoms with E-state index in [-0.39, 0.29) is 11.1 Å². The molecule has 1 N–H and O–H groups in total. The van der Waals surface area contributed by atoms with E-state index in [2.05, 4.69) is 46.9 Å². The Balaban J connectivity index is 2.38. The summed E-state index contributed by atoms with van der Waals surface area (Å²) in [6.07, 6.45) is 6.74. The van der Waals surface area contributed by atoms with E-state index in [0.717, 1.165) is 12.5 Å². The molecule has 1 fully saturated rings. The topological polar surface area (TPSA) is 21.3 Å². The summed E-state index contributed by atoms with van der Waals surface area (Å²) < 4.78 is 6.13. The summed E-state index contributed by atoms with van der Waals surface area (Å²) >= 11 is 0. The molecule has 0 aromatic heterocycles. The summed E-state index contributed by atoms with van der Waals surface area (Å²) in [6, 6.07) is 0. The fraction of sp³-hybridized carbons (Fsp3) is 1.00. The van der Waals surface area contributed by atoms with Crippen molar-refractivity contribution in [3.63, 3.8) is 0 Å². The smallest absolute Gasteiger partial charge is 0.0631 e. The van der Waals surface area contributed by atoms with Crippen molar-refractivity contribution in [3.8, 4) is 0 Å². The zero-order chi connectivity index (χ0) is 13.8. The average molecular weight is 255 g/mol. The maximum absolute atomic E-state index is 6.13. The third-order valence-corrected chi connectivity index (χ3v) is 3.77. The highest BCUT2D eigenvalue weighted by molar-refractivity contribution is 4.83. The first-order valence-electron chi connectivity index (χ1n) is 7.65. The largest absolute Gasteiger partial charge is 0.372 e. The highest BCUT2D eigenvalue weighted by atomic mass is 16.5. The highest BCUT2D eigenvalue weighted by Crippen LogP contribution is 2.33. The van der Waals surface area contributed by atoms with Gasteiger partial charge >= 0.3 is 0 Å². The summed E-state index contributed by atoms with van der Waals surface area (Å²) in [4.78, 5) is 0. The van der Waals surface area contributed by atoms with Gasteiger partial charge in [0.2, 0.25) is 0 Å². The minimum absolute atomic E-state index is 0.110. The van der Waals surface area contributed by atoms with Gasteiger partial charge in [0.15, 0.2) is 0 Å². The summed E-state index contributed by atoms with van der Waals surface area (Å²) in [5.74, 6) is 0.758. The van der Waals surface area contributed by atoms with Crippen LogP contribution >= 0.6 is 0 Å². The van der Waals surface area contributed by atoms with Gasteiger partial charge in [0, 0.05) is 5.54 Å². The predicted molar refractivity (Wildman–Crippen MR) is 79.0 cm³/mol. The van der Waals surface area contributed by atoms with Crippen LogP contribution in [0.4, 0.5) is 0 Å². The Morgan fingerprint density at radius 2 is 2.00 bits per heavy atom. The number of hydrogen-bond acceptors (Lipinski definition) is 2. The van der Waals surface area contributed by atoms with Crippen LogP contribution in [0.5, 0.6) is 0 Å². The van der Waals surface area contributed by atoms with Gasteiger partial charge in [-0.15, -0.1) is 0 Å². The normalized spacial score (nSPS) is 25.3. The van der Waals surface area contributed by atoms with Crippen LogP contribution in [-0.2, 0) is 4.74 Å². The van der Waals surface area contributed by atoms with E-state index in [1.807, 2.05) is 0 Å². The van der Waals surface area contributed by atoms with Crippen LogP contribution in [0, 0.1) is 5.92 Å². The third-order valence-electron chi connectivity index (χ3n) is 3.77. The summed E-state index contributed by atoms with van der Waals surface area (Å²) in [6.45, 7) is 14.6. The summed E-state index contributed by atoms with van der Waals surface area (Å²) in [5.41, 5.74) is 0.334. The number of nitrogens with one attached hydrogen (secondary N) is 1. The number of ether oxygens (including phenoxy) is 1. The molecular weight excluding hydrogens is 222 g/mol. The van der Waals surface area contributed by atoms with Crippen LogP contribution in [0.3, 0.4) is 0 Å². The molecule has 2 nitrogen and oxygen atoms in total. The van der Waals surface area contributed by atoms with Crippen LogP contribution in [-0.4, -0.2) is 23.8 Å². The molecule has 2 heteroatoms. The minimum Gasteiger partial charge on any atom is -0.372 e. The molecule has 0 aromatic rings. The predicted octanol–water partition coefficient (Wildman–Crippen LogP) is 4.14. The molecular formula is C16H33NO. The Kier molecular flexibility index (Phi) is 5.67. The van der Waals surface area contributed by atoms with Crippen LogP contribution in [0.15, 0.2) is 0 Å². The molecule has 1 aliphatic rings. The Morgan fingerprint density at radius 3 is 2.44 bits per heavy atom. The third kappa shape index (κ3) is 6.19. The molecule has 0 bridgehead atoms. The Hall–Kier alpha value is -0.0800. The van der Waals surface area contributed by atoms with Gasteiger partial charge in [-0.05, 0) is 72.8 Å². The monoisotopic (exact) mass is 255 g/mol. The lowest BCUT2D eigenvalue weighted by atomic mass is 9.93. The number of rotatable bonds is 6. The molecule has 18 heavy (non-hydrogen) atoms. The molecule has 1 heterocycles. The molecule has 2 atom stereocenters. The highest BCUT2D eigenvalue weighted by Gasteiger charge is 2.32. The second-order valence-electron chi connectivity index (χ2n) is 7.56. The van der Waals surface area contributed by atoms with Crippen molar-refractivity contribution in [1.29, 1.82) is 0 Å². The van der Waals surface area contributed by atoms with E-state index < -0.39 is 0 Å². The molecule has 1 aliphatic heterocycles. The first kappa shape index (κ1) is 16.0. The van der Waals surface area contributed by atoms with Gasteiger partial charge in [-0.3, -0.25) is 0 Å². The standard InChI is InChI=1S/C16H33NO/c1-7-8-13(12-17-15(2,3)4)11-14-9-10-16(5,6)18-14/h13-14,17H,7-12H2,1-6H3. The maximum atomic E-state index is 6.13. The first-order chi connectivity index (χ1) is 8.22. The van der Waals surface area contributed by atoms with Gasteiger partial charge < -0.3 is 10.1 Å². The number of hydrogen-bond donors (Lipinski definition) is 1. The molecule has 0 spiro atoms. The van der Waals surface area contributed by atoms with E-state index in [1.165, 1.54) is 32.1 Å². The SMILES string of the molecule is CCCC(CNC(C)(C)C)CC1CCC(C)(C)O1. The first-order valence-corrected chi connectivity index (χ1v) is 7.65. The zero-order valence-corrected chi connectivity index (χ0v) is 13.3. The van der Waals surface area contributed by atoms with Crippen molar-refractivity contribution in [3.05, 3.63) is 0 Å². The fourth-order valence-electron chi connectivity index (χ4n) is 2.78. The molecule has 1 saturated heterocycles. The lowest BCUT2D eigenvalue weighted by Gasteiger charge is -2.27. The van der Waals surface area contributed by atoms with Crippen LogP contribution < -0.4 is 5.32 Å². The Bertz CT molecular complexity index is 242. The molecule has 108 valence electrons. The fourth-order valence-corrected chi connectivity index (χ4v) is 2.78. The van der Waals surface area contributed by atoms with Crippen molar-refractivity contribution < 1.29 is 4.74 Å². The summed E-state index contributed by atoms with van der Waals surface area (Å²) in [5, 5.41) is 3.65. The molecule has 1 rings (SSSR count). The second kappa shape index (κ2) is 6.38. The lowest BCUT2D eigenvalue weighted by molar-refractivity contribution is -0.0252. The minimum atomic E-state index is 0.110. The zero-order valence-electron chi connectivity index (χ0n) is 13.3. The van der Waals surface area contributed by atoms with E-state index in [4.69, 9.17) is 4.74 Å². The Morgan fingerprint density at radius 1 is 1.33 bits per heavy atom. The van der Waals surface area contributed by atoms with Crippen molar-refractivity contribution in [2.75, 3.05) is 6.54 Å². The van der Waals surface area contributed by atoms with E-state index >= 15 is 0 Å². The Labute approximate surface area is 114 Å². The summed E-state index contributed by atoms with van der Waals surface area (Å²) in [7, 11) is 0. The van der Waals surface area contributed by atoms with Gasteiger partial charge in [0.1, 0.15) is 0 Å². The van der Waals surface area contributed by atoms with Gasteiger partial charge in [0.25, 0.3) is 0 Å². The van der Waals surface area contributed by atoms with Gasteiger partial charge in [0.05, 0.1) is 11.7 Å². The van der Waals surface area contributed by atoms with E-state index in [1.54, 1.807) is 0 Å². The molecule has 0 aliphatic carbocycles. The molecule has 0 amide bonds. The van der Waals surface area contributed by atoms with Gasteiger partial charge in [-0.1, -0.05) is 13.3 Å². The maximum Gasteiger partial charge on any atom is 0.0631 e. The van der Waals surface area contributed by atoms with Crippen LogP contribution in [0.2, 0.25) is 0 Å². The van der Waals surface area contributed by atoms with Crippen molar-refractivity contribution in [2.24, 2.45) is 5.92 Å². The average Bonchev–Trinajstić information content (AvgIpc) is 2.54. The second-order valence-corrected chi connectivity index (χ2v) is 7.56. The van der Waals surface area contributed by atoms with Gasteiger partial charge in [-0.2, -0.15) is 0 Å². The molecule has 0 aromatic carbocycles.